The molecule has 0 unspecified atom stereocenters. The Labute approximate surface area is 159 Å². The average Bonchev–Trinajstić information content (AvgIpc) is 3.18. The van der Waals surface area contributed by atoms with Crippen LogP contribution in [0.3, 0.4) is 0 Å². The van der Waals surface area contributed by atoms with Gasteiger partial charge in [0.25, 0.3) is 11.5 Å². The maximum Gasteiger partial charge on any atom is 0.263 e. The van der Waals surface area contributed by atoms with Gasteiger partial charge in [0, 0.05) is 43.7 Å². The molecule has 27 heavy (non-hydrogen) atoms. The van der Waals surface area contributed by atoms with Crippen LogP contribution in [0.15, 0.2) is 11.0 Å². The summed E-state index contributed by atoms with van der Waals surface area (Å²) in [5.74, 6) is 0.534. The minimum Gasteiger partial charge on any atom is -0.339 e. The Morgan fingerprint density at radius 2 is 1.96 bits per heavy atom. The predicted molar refractivity (Wildman–Crippen MR) is 100 cm³/mol. The first kappa shape index (κ1) is 18.2. The summed E-state index contributed by atoms with van der Waals surface area (Å²) in [5, 5.41) is 0. The summed E-state index contributed by atoms with van der Waals surface area (Å²) >= 11 is 0. The van der Waals surface area contributed by atoms with E-state index in [0.717, 1.165) is 38.6 Å². The van der Waals surface area contributed by atoms with Crippen LogP contribution in [0, 0.1) is 12.3 Å². The molecule has 1 aromatic heterocycles. The number of likely N-dealkylation sites (tertiary alicyclic amines) is 2. The molecule has 0 aromatic carbocycles. The molecule has 4 rings (SSSR count). The summed E-state index contributed by atoms with van der Waals surface area (Å²) in [6.45, 7) is 3.73. The van der Waals surface area contributed by atoms with Gasteiger partial charge in [0.1, 0.15) is 11.4 Å². The minimum absolute atomic E-state index is 0.0324. The molecule has 146 valence electrons. The van der Waals surface area contributed by atoms with E-state index in [1.54, 1.807) is 11.8 Å². The highest BCUT2D eigenvalue weighted by molar-refractivity contribution is 5.93. The number of nitrogens with one attached hydrogen (secondary N) is 1. The Morgan fingerprint density at radius 3 is 2.70 bits per heavy atom. The first-order valence-electron chi connectivity index (χ1n) is 10.1. The Balaban J connectivity index is 1.52. The van der Waals surface area contributed by atoms with E-state index in [-0.39, 0.29) is 28.4 Å². The second-order valence-corrected chi connectivity index (χ2v) is 8.50. The number of aromatic nitrogens is 2. The zero-order valence-electron chi connectivity index (χ0n) is 16.0. The molecule has 2 saturated heterocycles. The maximum atomic E-state index is 12.9. The molecule has 0 radical (unpaired) electrons. The summed E-state index contributed by atoms with van der Waals surface area (Å²) < 4.78 is 0. The van der Waals surface area contributed by atoms with Gasteiger partial charge in [-0.15, -0.1) is 0 Å². The monoisotopic (exact) mass is 372 g/mol. The first-order chi connectivity index (χ1) is 13.0. The van der Waals surface area contributed by atoms with Gasteiger partial charge in [-0.1, -0.05) is 12.8 Å². The van der Waals surface area contributed by atoms with Gasteiger partial charge >= 0.3 is 0 Å². The lowest BCUT2D eigenvalue weighted by molar-refractivity contribution is -0.142. The molecule has 3 aliphatic rings. The highest BCUT2D eigenvalue weighted by atomic mass is 16.2. The lowest BCUT2D eigenvalue weighted by Gasteiger charge is -2.49. The molecule has 3 fully saturated rings. The van der Waals surface area contributed by atoms with Crippen molar-refractivity contribution in [2.75, 3.05) is 19.6 Å². The Bertz CT molecular complexity index is 799. The number of amides is 2. The van der Waals surface area contributed by atoms with E-state index in [4.69, 9.17) is 0 Å². The Hall–Kier alpha value is -2.18. The fraction of sp³-hybridized carbons (Fsp3) is 0.700. The zero-order chi connectivity index (χ0) is 19.0. The van der Waals surface area contributed by atoms with Crippen LogP contribution in [0.4, 0.5) is 0 Å². The van der Waals surface area contributed by atoms with Crippen molar-refractivity contribution in [3.8, 4) is 0 Å². The highest BCUT2D eigenvalue weighted by Gasteiger charge is 2.44. The van der Waals surface area contributed by atoms with E-state index in [1.807, 2.05) is 0 Å². The van der Waals surface area contributed by atoms with E-state index in [0.29, 0.717) is 31.4 Å². The largest absolute Gasteiger partial charge is 0.339 e. The molecule has 0 bridgehead atoms. The molecule has 1 spiro atoms. The topological polar surface area (TPSA) is 86.4 Å². The SMILES string of the molecule is Cc1ncc(C(=O)N2CCC[C@@]3(CCC(=O)N(C4CCCC4)C3)C2)c(=O)[nH]1. The number of carbonyl (C=O) groups is 2. The number of hydrogen-bond acceptors (Lipinski definition) is 4. The van der Waals surface area contributed by atoms with E-state index in [2.05, 4.69) is 14.9 Å². The van der Waals surface area contributed by atoms with E-state index < -0.39 is 0 Å². The molecule has 7 heteroatoms. The van der Waals surface area contributed by atoms with Crippen LogP contribution in [0.1, 0.15) is 67.5 Å². The summed E-state index contributed by atoms with van der Waals surface area (Å²) in [4.78, 5) is 48.2. The quantitative estimate of drug-likeness (QED) is 0.859. The van der Waals surface area contributed by atoms with Crippen molar-refractivity contribution in [3.05, 3.63) is 27.9 Å². The smallest absolute Gasteiger partial charge is 0.263 e. The van der Waals surface area contributed by atoms with Crippen molar-refractivity contribution >= 4 is 11.8 Å². The van der Waals surface area contributed by atoms with Crippen LogP contribution in [0.5, 0.6) is 0 Å². The lowest BCUT2D eigenvalue weighted by Crippen LogP contribution is -2.57. The summed E-state index contributed by atoms with van der Waals surface area (Å²) in [5.41, 5.74) is -0.300. The number of aromatic amines is 1. The van der Waals surface area contributed by atoms with E-state index in [1.165, 1.54) is 19.0 Å². The molecule has 1 aromatic rings. The average molecular weight is 372 g/mol. The third-order valence-electron chi connectivity index (χ3n) is 6.57. The summed E-state index contributed by atoms with van der Waals surface area (Å²) in [7, 11) is 0. The number of carbonyl (C=O) groups excluding carboxylic acids is 2. The van der Waals surface area contributed by atoms with Crippen LogP contribution >= 0.6 is 0 Å². The number of piperidine rings is 2. The normalized spacial score (nSPS) is 26.8. The first-order valence-corrected chi connectivity index (χ1v) is 10.1. The third-order valence-corrected chi connectivity index (χ3v) is 6.57. The molecule has 1 N–H and O–H groups in total. The van der Waals surface area contributed by atoms with Crippen molar-refractivity contribution in [2.24, 2.45) is 5.41 Å². The molecule has 3 heterocycles. The molecule has 1 atom stereocenters. The van der Waals surface area contributed by atoms with Gasteiger partial charge in [0.2, 0.25) is 5.91 Å². The second kappa shape index (κ2) is 7.09. The Morgan fingerprint density at radius 1 is 1.19 bits per heavy atom. The van der Waals surface area contributed by atoms with Crippen molar-refractivity contribution in [3.63, 3.8) is 0 Å². The van der Waals surface area contributed by atoms with Crippen molar-refractivity contribution < 1.29 is 9.59 Å². The summed E-state index contributed by atoms with van der Waals surface area (Å²) in [6, 6.07) is 0.380. The molecule has 1 aliphatic carbocycles. The molecule has 1 saturated carbocycles. The van der Waals surface area contributed by atoms with Crippen LogP contribution in [0.2, 0.25) is 0 Å². The number of nitrogens with zero attached hydrogens (tertiary/aromatic N) is 3. The number of aryl methyl sites for hydroxylation is 1. The predicted octanol–water partition coefficient (Wildman–Crippen LogP) is 1.87. The van der Waals surface area contributed by atoms with Crippen LogP contribution in [0.25, 0.3) is 0 Å². The zero-order valence-corrected chi connectivity index (χ0v) is 16.0. The molecule has 7 nitrogen and oxygen atoms in total. The highest BCUT2D eigenvalue weighted by Crippen LogP contribution is 2.41. The molecule has 2 amide bonds. The van der Waals surface area contributed by atoms with Crippen LogP contribution in [-0.4, -0.2) is 57.3 Å². The van der Waals surface area contributed by atoms with Gasteiger partial charge in [-0.3, -0.25) is 14.4 Å². The number of H-pyrrole nitrogens is 1. The lowest BCUT2D eigenvalue weighted by atomic mass is 9.73. The van der Waals surface area contributed by atoms with Gasteiger partial charge in [0.15, 0.2) is 0 Å². The van der Waals surface area contributed by atoms with Crippen molar-refractivity contribution in [1.29, 1.82) is 0 Å². The second-order valence-electron chi connectivity index (χ2n) is 8.50. The number of rotatable bonds is 2. The van der Waals surface area contributed by atoms with Gasteiger partial charge in [0.05, 0.1) is 0 Å². The van der Waals surface area contributed by atoms with Crippen molar-refractivity contribution in [2.45, 2.75) is 64.3 Å². The molecular weight excluding hydrogens is 344 g/mol. The Kier molecular flexibility index (Phi) is 4.78. The fourth-order valence-electron chi connectivity index (χ4n) is 5.11. The van der Waals surface area contributed by atoms with Crippen LogP contribution < -0.4 is 5.56 Å². The van der Waals surface area contributed by atoms with E-state index in [9.17, 15) is 14.4 Å². The minimum atomic E-state index is -0.376. The third kappa shape index (κ3) is 3.51. The maximum absolute atomic E-state index is 12.9. The number of hydrogen-bond donors (Lipinski definition) is 1. The summed E-state index contributed by atoms with van der Waals surface area (Å²) in [6.07, 6.45) is 9.36. The van der Waals surface area contributed by atoms with Gasteiger partial charge in [-0.25, -0.2) is 4.98 Å². The van der Waals surface area contributed by atoms with Crippen LogP contribution in [-0.2, 0) is 4.79 Å². The molecule has 2 aliphatic heterocycles. The van der Waals surface area contributed by atoms with Gasteiger partial charge in [-0.05, 0) is 39.0 Å². The standard InChI is InChI=1S/C20H28N4O3/c1-14-21-11-16(18(26)22-14)19(27)23-10-4-8-20(12-23)9-7-17(25)24(13-20)15-5-2-3-6-15/h11,15H,2-10,12-13H2,1H3,(H,21,22,26)/t20-/m1/s1. The van der Waals surface area contributed by atoms with E-state index >= 15 is 0 Å². The van der Waals surface area contributed by atoms with Gasteiger partial charge < -0.3 is 14.8 Å². The van der Waals surface area contributed by atoms with Gasteiger partial charge in [-0.2, -0.15) is 0 Å². The fourth-order valence-corrected chi connectivity index (χ4v) is 5.11. The molecular formula is C20H28N4O3. The van der Waals surface area contributed by atoms with Crippen molar-refractivity contribution in [1.82, 2.24) is 19.8 Å².